The van der Waals surface area contributed by atoms with Gasteiger partial charge in [-0.3, -0.25) is 19.4 Å². The van der Waals surface area contributed by atoms with E-state index in [1.165, 1.54) is 6.42 Å². The highest BCUT2D eigenvalue weighted by Gasteiger charge is 2.38. The standard InChI is InChI=1S/C30H41F2N3O2/c1-5-11-25(20-22(2)3)35(27(36)21-34-18-16-30(31,32)17-19-34)28(26-15-10-9-12-23(26)4)29(37)33-24-13-7-6-8-14-24/h5,9-12,15,20,24,28H,2,6-8,13-14,16-19,21H2,1,3-4H3,(H,33,37)/b11-5-,25-20+. The molecule has 1 saturated heterocycles. The van der Waals surface area contributed by atoms with Crippen molar-refractivity contribution in [2.75, 3.05) is 19.6 Å². The Morgan fingerprint density at radius 3 is 2.43 bits per heavy atom. The van der Waals surface area contributed by atoms with Crippen molar-refractivity contribution >= 4 is 11.8 Å². The molecule has 1 saturated carbocycles. The summed E-state index contributed by atoms with van der Waals surface area (Å²) in [5.41, 5.74) is 2.93. The maximum atomic E-state index is 14.0. The number of hydrogen-bond acceptors (Lipinski definition) is 3. The number of nitrogens with one attached hydrogen (secondary N) is 1. The van der Waals surface area contributed by atoms with E-state index in [4.69, 9.17) is 0 Å². The Hall–Kier alpha value is -2.80. The van der Waals surface area contributed by atoms with Crippen molar-refractivity contribution in [3.05, 3.63) is 71.5 Å². The average Bonchev–Trinajstić information content (AvgIpc) is 2.84. The van der Waals surface area contributed by atoms with Crippen LogP contribution >= 0.6 is 0 Å². The first-order chi connectivity index (χ1) is 17.6. The minimum Gasteiger partial charge on any atom is -0.351 e. The zero-order valence-corrected chi connectivity index (χ0v) is 22.4. The van der Waals surface area contributed by atoms with Crippen LogP contribution in [0.15, 0.2) is 60.3 Å². The van der Waals surface area contributed by atoms with Gasteiger partial charge in [-0.25, -0.2) is 8.78 Å². The first-order valence-corrected chi connectivity index (χ1v) is 13.4. The highest BCUT2D eigenvalue weighted by molar-refractivity contribution is 5.91. The molecule has 2 aliphatic rings. The number of nitrogens with zero attached hydrogens (tertiary/aromatic N) is 2. The van der Waals surface area contributed by atoms with Crippen LogP contribution in [0, 0.1) is 6.92 Å². The third-order valence-corrected chi connectivity index (χ3v) is 7.17. The van der Waals surface area contributed by atoms with E-state index in [2.05, 4.69) is 11.9 Å². The van der Waals surface area contributed by atoms with Crippen molar-refractivity contribution in [2.45, 2.75) is 83.7 Å². The number of carbonyl (C=O) groups is 2. The predicted octanol–water partition coefficient (Wildman–Crippen LogP) is 6.08. The van der Waals surface area contributed by atoms with Gasteiger partial charge < -0.3 is 5.32 Å². The number of halogens is 2. The Labute approximate surface area is 220 Å². The number of benzene rings is 1. The molecule has 2 fully saturated rings. The summed E-state index contributed by atoms with van der Waals surface area (Å²) >= 11 is 0. The van der Waals surface area contributed by atoms with Crippen molar-refractivity contribution in [2.24, 2.45) is 0 Å². The lowest BCUT2D eigenvalue weighted by Gasteiger charge is -2.37. The number of alkyl halides is 2. The SMILES string of the molecule is C=C(C)/C=C(\C=C/C)N(C(=O)CN1CCC(F)(F)CC1)C(C(=O)NC1CCCCC1)c1ccccc1C. The first-order valence-electron chi connectivity index (χ1n) is 13.4. The number of amides is 2. The smallest absolute Gasteiger partial charge is 0.250 e. The molecule has 37 heavy (non-hydrogen) atoms. The number of rotatable bonds is 9. The summed E-state index contributed by atoms with van der Waals surface area (Å²) < 4.78 is 27.5. The van der Waals surface area contributed by atoms with E-state index in [-0.39, 0.29) is 50.3 Å². The molecular weight excluding hydrogens is 472 g/mol. The van der Waals surface area contributed by atoms with Gasteiger partial charge in [0, 0.05) is 37.7 Å². The fourth-order valence-corrected chi connectivity index (χ4v) is 5.18. The van der Waals surface area contributed by atoms with Crippen LogP contribution in [0.4, 0.5) is 8.78 Å². The van der Waals surface area contributed by atoms with Crippen molar-refractivity contribution in [1.82, 2.24) is 15.1 Å². The van der Waals surface area contributed by atoms with Gasteiger partial charge >= 0.3 is 0 Å². The minimum atomic E-state index is -2.70. The second kappa shape index (κ2) is 13.1. The normalized spacial score (nSPS) is 20.0. The van der Waals surface area contributed by atoms with Gasteiger partial charge in [0.2, 0.25) is 11.8 Å². The third-order valence-electron chi connectivity index (χ3n) is 7.17. The molecule has 0 spiro atoms. The molecule has 7 heteroatoms. The fourth-order valence-electron chi connectivity index (χ4n) is 5.18. The summed E-state index contributed by atoms with van der Waals surface area (Å²) in [4.78, 5) is 31.3. The van der Waals surface area contributed by atoms with Crippen LogP contribution < -0.4 is 5.32 Å². The van der Waals surface area contributed by atoms with E-state index >= 15 is 0 Å². The Balaban J connectivity index is 2.03. The van der Waals surface area contributed by atoms with Gasteiger partial charge in [0.1, 0.15) is 6.04 Å². The van der Waals surface area contributed by atoms with E-state index in [0.29, 0.717) is 5.70 Å². The van der Waals surface area contributed by atoms with Crippen molar-refractivity contribution < 1.29 is 18.4 Å². The van der Waals surface area contributed by atoms with E-state index < -0.39 is 12.0 Å². The number of hydrogen-bond donors (Lipinski definition) is 1. The van der Waals surface area contributed by atoms with Gasteiger partial charge in [-0.1, -0.05) is 61.8 Å². The molecule has 3 rings (SSSR count). The topological polar surface area (TPSA) is 52.7 Å². The number of piperidine rings is 1. The van der Waals surface area contributed by atoms with Crippen LogP contribution in [0.2, 0.25) is 0 Å². The van der Waals surface area contributed by atoms with Crippen LogP contribution in [0.25, 0.3) is 0 Å². The Morgan fingerprint density at radius 2 is 1.84 bits per heavy atom. The molecule has 0 radical (unpaired) electrons. The molecule has 1 heterocycles. The van der Waals surface area contributed by atoms with Crippen LogP contribution in [-0.2, 0) is 9.59 Å². The van der Waals surface area contributed by atoms with Gasteiger partial charge in [-0.2, -0.15) is 0 Å². The zero-order chi connectivity index (χ0) is 27.0. The van der Waals surface area contributed by atoms with Crippen molar-refractivity contribution in [3.8, 4) is 0 Å². The first kappa shape index (κ1) is 28.8. The lowest BCUT2D eigenvalue weighted by atomic mass is 9.93. The van der Waals surface area contributed by atoms with Crippen LogP contribution in [0.1, 0.15) is 76.0 Å². The highest BCUT2D eigenvalue weighted by atomic mass is 19.3. The molecule has 0 bridgehead atoms. The van der Waals surface area contributed by atoms with Crippen molar-refractivity contribution in [3.63, 3.8) is 0 Å². The van der Waals surface area contributed by atoms with Gasteiger partial charge in [-0.15, -0.1) is 0 Å². The Bertz CT molecular complexity index is 1020. The van der Waals surface area contributed by atoms with Gasteiger partial charge in [-0.05, 0) is 56.9 Å². The number of aryl methyl sites for hydroxylation is 1. The molecule has 1 aromatic carbocycles. The average molecular weight is 514 g/mol. The zero-order valence-electron chi connectivity index (χ0n) is 22.4. The van der Waals surface area contributed by atoms with E-state index in [9.17, 15) is 18.4 Å². The lowest BCUT2D eigenvalue weighted by Crippen LogP contribution is -2.50. The predicted molar refractivity (Wildman–Crippen MR) is 144 cm³/mol. The molecular formula is C30H41F2N3O2. The molecule has 1 unspecified atom stereocenters. The van der Waals surface area contributed by atoms with Gasteiger partial charge in [0.25, 0.3) is 5.92 Å². The van der Waals surface area contributed by atoms with Crippen LogP contribution in [0.5, 0.6) is 0 Å². The summed E-state index contributed by atoms with van der Waals surface area (Å²) in [5, 5.41) is 3.23. The maximum Gasteiger partial charge on any atom is 0.250 e. The van der Waals surface area contributed by atoms with Crippen LogP contribution in [-0.4, -0.2) is 53.2 Å². The van der Waals surface area contributed by atoms with E-state index in [0.717, 1.165) is 42.4 Å². The van der Waals surface area contributed by atoms with Gasteiger partial charge in [0.05, 0.1) is 6.54 Å². The molecule has 1 aromatic rings. The van der Waals surface area contributed by atoms with Gasteiger partial charge in [0.15, 0.2) is 0 Å². The second-order valence-corrected chi connectivity index (χ2v) is 10.4. The molecule has 5 nitrogen and oxygen atoms in total. The van der Waals surface area contributed by atoms with E-state index in [1.807, 2.05) is 51.1 Å². The summed E-state index contributed by atoms with van der Waals surface area (Å²) in [7, 11) is 0. The molecule has 1 aliphatic carbocycles. The molecule has 202 valence electrons. The highest BCUT2D eigenvalue weighted by Crippen LogP contribution is 2.32. The lowest BCUT2D eigenvalue weighted by molar-refractivity contribution is -0.140. The number of allylic oxidation sites excluding steroid dienone is 4. The molecule has 2 amide bonds. The number of carbonyl (C=O) groups excluding carboxylic acids is 2. The van der Waals surface area contributed by atoms with E-state index in [1.54, 1.807) is 22.0 Å². The van der Waals surface area contributed by atoms with Crippen LogP contribution in [0.3, 0.4) is 0 Å². The summed E-state index contributed by atoms with van der Waals surface area (Å²) in [6.07, 6.45) is 10.0. The molecule has 0 aromatic heterocycles. The second-order valence-electron chi connectivity index (χ2n) is 10.4. The Kier molecular flexibility index (Phi) is 10.2. The number of likely N-dealkylation sites (tertiary alicyclic amines) is 1. The van der Waals surface area contributed by atoms with Crippen molar-refractivity contribution in [1.29, 1.82) is 0 Å². The molecule has 1 aliphatic heterocycles. The quantitative estimate of drug-likeness (QED) is 0.407. The Morgan fingerprint density at radius 1 is 1.19 bits per heavy atom. The summed E-state index contributed by atoms with van der Waals surface area (Å²) in [6.45, 7) is 9.86. The monoisotopic (exact) mass is 513 g/mol. The molecule has 1 N–H and O–H groups in total. The maximum absolute atomic E-state index is 14.0. The largest absolute Gasteiger partial charge is 0.351 e. The third kappa shape index (κ3) is 8.09. The minimum absolute atomic E-state index is 0.0414. The molecule has 1 atom stereocenters. The summed E-state index contributed by atoms with van der Waals surface area (Å²) in [5.74, 6) is -3.22. The fraction of sp³-hybridized carbons (Fsp3) is 0.533. The summed E-state index contributed by atoms with van der Waals surface area (Å²) in [6, 6.07) is 6.77.